The van der Waals surface area contributed by atoms with Crippen LogP contribution in [0.5, 0.6) is 0 Å². The van der Waals surface area contributed by atoms with E-state index >= 15 is 0 Å². The van der Waals surface area contributed by atoms with E-state index in [0.29, 0.717) is 6.04 Å². The Morgan fingerprint density at radius 3 is 2.81 bits per heavy atom. The summed E-state index contributed by atoms with van der Waals surface area (Å²) in [5.41, 5.74) is 4.62. The zero-order chi connectivity index (χ0) is 18.7. The second-order valence-corrected chi connectivity index (χ2v) is 7.04. The van der Waals surface area contributed by atoms with Crippen molar-refractivity contribution < 1.29 is 4.74 Å². The van der Waals surface area contributed by atoms with Crippen LogP contribution in [0.2, 0.25) is 0 Å². The maximum absolute atomic E-state index is 5.26. The van der Waals surface area contributed by atoms with Crippen LogP contribution in [0.25, 0.3) is 0 Å². The summed E-state index contributed by atoms with van der Waals surface area (Å²) in [5.74, 6) is -0.888. The monoisotopic (exact) mass is 363 g/mol. The number of fused-ring (bicyclic) bond motifs is 1. The molecule has 140 valence electrons. The maximum atomic E-state index is 5.26. The number of rotatable bonds is 7. The van der Waals surface area contributed by atoms with Crippen LogP contribution in [-0.4, -0.2) is 32.6 Å². The lowest BCUT2D eigenvalue weighted by atomic mass is 10.1. The molecule has 6 heteroatoms. The third-order valence-electron chi connectivity index (χ3n) is 5.28. The molecule has 27 heavy (non-hydrogen) atoms. The molecule has 2 heterocycles. The van der Waals surface area contributed by atoms with Crippen molar-refractivity contribution in [1.82, 2.24) is 0 Å². The normalized spacial score (nSPS) is 21.5. The number of hydrogen-bond acceptors (Lipinski definition) is 6. The SMILES string of the molecule is COCCC(C)N1CCc2ccc(NC3(c4ccccc4)N=CN=N3)cc21. The molecule has 0 saturated heterocycles. The molecule has 4 rings (SSSR count). The zero-order valence-corrected chi connectivity index (χ0v) is 15.8. The van der Waals surface area contributed by atoms with Crippen molar-refractivity contribution >= 4 is 17.7 Å². The van der Waals surface area contributed by atoms with E-state index in [0.717, 1.165) is 37.2 Å². The molecular weight excluding hydrogens is 338 g/mol. The second kappa shape index (κ2) is 7.48. The summed E-state index contributed by atoms with van der Waals surface area (Å²) in [5, 5.41) is 11.9. The van der Waals surface area contributed by atoms with Crippen LogP contribution in [0.4, 0.5) is 11.4 Å². The Morgan fingerprint density at radius 1 is 1.22 bits per heavy atom. The van der Waals surface area contributed by atoms with E-state index in [1.54, 1.807) is 7.11 Å². The van der Waals surface area contributed by atoms with Gasteiger partial charge in [0.2, 0.25) is 0 Å². The highest BCUT2D eigenvalue weighted by Crippen LogP contribution is 2.37. The van der Waals surface area contributed by atoms with Gasteiger partial charge in [-0.2, -0.15) is 0 Å². The van der Waals surface area contributed by atoms with Gasteiger partial charge in [0.05, 0.1) is 0 Å². The van der Waals surface area contributed by atoms with Crippen molar-refractivity contribution in [2.24, 2.45) is 15.2 Å². The first kappa shape index (κ1) is 17.7. The Bertz CT molecular complexity index is 837. The van der Waals surface area contributed by atoms with Gasteiger partial charge < -0.3 is 15.0 Å². The van der Waals surface area contributed by atoms with E-state index in [1.165, 1.54) is 17.6 Å². The first-order valence-electron chi connectivity index (χ1n) is 9.40. The molecule has 2 aromatic carbocycles. The van der Waals surface area contributed by atoms with Crippen molar-refractivity contribution in [3.8, 4) is 0 Å². The van der Waals surface area contributed by atoms with Gasteiger partial charge >= 0.3 is 0 Å². The fourth-order valence-corrected chi connectivity index (χ4v) is 3.76. The number of methoxy groups -OCH3 is 1. The number of nitrogens with one attached hydrogen (secondary N) is 1. The van der Waals surface area contributed by atoms with Gasteiger partial charge in [0.15, 0.2) is 0 Å². The molecule has 2 aromatic rings. The first-order chi connectivity index (χ1) is 13.2. The Labute approximate surface area is 160 Å². The van der Waals surface area contributed by atoms with Gasteiger partial charge in [-0.1, -0.05) is 36.4 Å². The number of hydrogen-bond donors (Lipinski definition) is 1. The zero-order valence-electron chi connectivity index (χ0n) is 15.8. The van der Waals surface area contributed by atoms with Gasteiger partial charge in [0, 0.05) is 43.2 Å². The van der Waals surface area contributed by atoms with E-state index in [1.807, 2.05) is 30.3 Å². The van der Waals surface area contributed by atoms with E-state index in [2.05, 4.69) is 50.6 Å². The summed E-state index contributed by atoms with van der Waals surface area (Å²) in [6, 6.07) is 17.0. The smallest absolute Gasteiger partial charge is 0.272 e. The molecule has 0 aliphatic carbocycles. The third kappa shape index (κ3) is 3.45. The Morgan fingerprint density at radius 2 is 2.07 bits per heavy atom. The first-order valence-corrected chi connectivity index (χ1v) is 9.40. The number of aliphatic imine (C=N–C) groups is 1. The predicted molar refractivity (Wildman–Crippen MR) is 109 cm³/mol. The summed E-state index contributed by atoms with van der Waals surface area (Å²) in [6.45, 7) is 4.08. The Kier molecular flexibility index (Phi) is 4.90. The van der Waals surface area contributed by atoms with Crippen molar-refractivity contribution in [3.63, 3.8) is 0 Å². The van der Waals surface area contributed by atoms with Crippen molar-refractivity contribution in [2.45, 2.75) is 31.6 Å². The summed E-state index contributed by atoms with van der Waals surface area (Å²) in [4.78, 5) is 6.99. The molecule has 2 aliphatic rings. The van der Waals surface area contributed by atoms with Crippen molar-refractivity contribution in [2.75, 3.05) is 30.5 Å². The highest BCUT2D eigenvalue weighted by atomic mass is 16.5. The number of nitrogens with zero attached hydrogens (tertiary/aromatic N) is 4. The van der Waals surface area contributed by atoms with Crippen LogP contribution < -0.4 is 10.2 Å². The van der Waals surface area contributed by atoms with Crippen LogP contribution >= 0.6 is 0 Å². The van der Waals surface area contributed by atoms with E-state index in [9.17, 15) is 0 Å². The fraction of sp³-hybridized carbons (Fsp3) is 0.381. The van der Waals surface area contributed by atoms with Crippen LogP contribution in [0.3, 0.4) is 0 Å². The highest BCUT2D eigenvalue weighted by Gasteiger charge is 2.34. The maximum Gasteiger partial charge on any atom is 0.272 e. The minimum atomic E-state index is -0.888. The Balaban J connectivity index is 1.61. The summed E-state index contributed by atoms with van der Waals surface area (Å²) in [6.07, 6.45) is 3.60. The van der Waals surface area contributed by atoms with E-state index in [-0.39, 0.29) is 0 Å². The van der Waals surface area contributed by atoms with Gasteiger partial charge in [-0.3, -0.25) is 0 Å². The lowest BCUT2D eigenvalue weighted by Crippen LogP contribution is -2.32. The molecule has 0 aromatic heterocycles. The fourth-order valence-electron chi connectivity index (χ4n) is 3.76. The average molecular weight is 363 g/mol. The van der Waals surface area contributed by atoms with Gasteiger partial charge in [-0.05, 0) is 37.5 Å². The second-order valence-electron chi connectivity index (χ2n) is 7.04. The predicted octanol–water partition coefficient (Wildman–Crippen LogP) is 4.19. The van der Waals surface area contributed by atoms with Crippen LogP contribution in [0, 0.1) is 0 Å². The number of anilines is 2. The third-order valence-corrected chi connectivity index (χ3v) is 5.28. The molecule has 2 aliphatic heterocycles. The molecule has 0 amide bonds. The highest BCUT2D eigenvalue weighted by molar-refractivity contribution is 5.68. The average Bonchev–Trinajstić information content (AvgIpc) is 3.34. The molecule has 0 saturated carbocycles. The van der Waals surface area contributed by atoms with Gasteiger partial charge in [0.1, 0.15) is 6.34 Å². The number of benzene rings is 2. The van der Waals surface area contributed by atoms with Gasteiger partial charge in [-0.25, -0.2) is 4.99 Å². The number of azo groups is 1. The molecule has 0 radical (unpaired) electrons. The van der Waals surface area contributed by atoms with Crippen LogP contribution in [-0.2, 0) is 16.9 Å². The lowest BCUT2D eigenvalue weighted by Gasteiger charge is -2.29. The van der Waals surface area contributed by atoms with Crippen LogP contribution in [0.1, 0.15) is 24.5 Å². The molecule has 1 N–H and O–H groups in total. The summed E-state index contributed by atoms with van der Waals surface area (Å²) in [7, 11) is 1.76. The molecule has 0 bridgehead atoms. The van der Waals surface area contributed by atoms with Crippen molar-refractivity contribution in [3.05, 3.63) is 59.7 Å². The van der Waals surface area contributed by atoms with E-state index < -0.39 is 5.79 Å². The minimum Gasteiger partial charge on any atom is -0.385 e. The molecule has 2 atom stereocenters. The quantitative estimate of drug-likeness (QED) is 0.802. The molecule has 6 nitrogen and oxygen atoms in total. The lowest BCUT2D eigenvalue weighted by molar-refractivity contribution is 0.188. The van der Waals surface area contributed by atoms with Gasteiger partial charge in [-0.15, -0.1) is 10.2 Å². The summed E-state index contributed by atoms with van der Waals surface area (Å²) < 4.78 is 5.26. The topological polar surface area (TPSA) is 61.6 Å². The Hall–Kier alpha value is -2.73. The summed E-state index contributed by atoms with van der Waals surface area (Å²) >= 11 is 0. The van der Waals surface area contributed by atoms with Gasteiger partial charge in [0.25, 0.3) is 5.79 Å². The largest absolute Gasteiger partial charge is 0.385 e. The molecule has 0 spiro atoms. The number of ether oxygens (including phenoxy) is 1. The minimum absolute atomic E-state index is 0.439. The molecular formula is C21H25N5O. The van der Waals surface area contributed by atoms with Crippen molar-refractivity contribution in [1.29, 1.82) is 0 Å². The molecule has 0 fully saturated rings. The molecule has 2 unspecified atom stereocenters. The van der Waals surface area contributed by atoms with E-state index in [4.69, 9.17) is 4.74 Å². The van der Waals surface area contributed by atoms with Crippen LogP contribution in [0.15, 0.2) is 63.8 Å². The standard InChI is InChI=1S/C21H25N5O/c1-16(11-13-27-2)26-12-10-17-8-9-19(14-20(17)26)24-21(22-15-23-25-21)18-6-4-3-5-7-18/h3-9,14-16,24H,10-13H2,1-2H3.